The molecule has 1 amide bonds. The summed E-state index contributed by atoms with van der Waals surface area (Å²) in [5, 5.41) is 1.02. The predicted octanol–water partition coefficient (Wildman–Crippen LogP) is 3.51. The number of allylic oxidation sites excluding steroid dienone is 1. The van der Waals surface area contributed by atoms with Gasteiger partial charge in [-0.15, -0.1) is 0 Å². The van der Waals surface area contributed by atoms with Gasteiger partial charge >= 0.3 is 12.1 Å². The Morgan fingerprint density at radius 2 is 1.86 bits per heavy atom. The van der Waals surface area contributed by atoms with E-state index in [0.717, 1.165) is 40.6 Å². The molecule has 9 nitrogen and oxygen atoms in total. The lowest BCUT2D eigenvalue weighted by Crippen LogP contribution is -2.41. The summed E-state index contributed by atoms with van der Waals surface area (Å²) in [5.41, 5.74) is 3.69. The molecule has 0 N–H and O–H groups in total. The van der Waals surface area contributed by atoms with Gasteiger partial charge in [-0.25, -0.2) is 4.79 Å². The van der Waals surface area contributed by atoms with E-state index >= 15 is 0 Å². The molecule has 0 radical (unpaired) electrons. The van der Waals surface area contributed by atoms with Crippen LogP contribution in [0.1, 0.15) is 30.4 Å². The second-order valence-corrected chi connectivity index (χ2v) is 10.1. The zero-order valence-electron chi connectivity index (χ0n) is 22.1. The summed E-state index contributed by atoms with van der Waals surface area (Å²) in [6, 6.07) is 5.93. The van der Waals surface area contributed by atoms with Gasteiger partial charge in [0.1, 0.15) is 0 Å². The van der Waals surface area contributed by atoms with E-state index in [1.165, 1.54) is 4.57 Å². The van der Waals surface area contributed by atoms with Crippen molar-refractivity contribution in [3.8, 4) is 0 Å². The molecule has 1 fully saturated rings. The number of carbonyl (C=O) groups is 3. The smallest absolute Gasteiger partial charge is 0.421 e. The third kappa shape index (κ3) is 6.40. The number of benzene rings is 1. The first-order valence-electron chi connectivity index (χ1n) is 12.7. The third-order valence-corrected chi connectivity index (χ3v) is 6.88. The fourth-order valence-corrected chi connectivity index (χ4v) is 4.78. The van der Waals surface area contributed by atoms with E-state index in [9.17, 15) is 14.4 Å². The highest BCUT2D eigenvalue weighted by molar-refractivity contribution is 5.94. The zero-order valence-corrected chi connectivity index (χ0v) is 22.1. The highest BCUT2D eigenvalue weighted by Gasteiger charge is 2.30. The van der Waals surface area contributed by atoms with E-state index < -0.39 is 18.9 Å². The summed E-state index contributed by atoms with van der Waals surface area (Å²) in [6.45, 7) is 3.42. The maximum absolute atomic E-state index is 12.8. The van der Waals surface area contributed by atoms with Crippen LogP contribution >= 0.6 is 0 Å². The second-order valence-electron chi connectivity index (χ2n) is 10.1. The number of amides is 1. The minimum atomic E-state index is -0.585. The summed E-state index contributed by atoms with van der Waals surface area (Å²) in [5.74, 6) is -0.714. The molecule has 3 heterocycles. The van der Waals surface area contributed by atoms with Crippen LogP contribution in [-0.2, 0) is 25.5 Å². The molecule has 1 aromatic heterocycles. The summed E-state index contributed by atoms with van der Waals surface area (Å²) in [7, 11) is 5.92. The molecule has 4 rings (SSSR count). The number of likely N-dealkylation sites (tertiary alicyclic amines) is 1. The Morgan fingerprint density at radius 1 is 1.11 bits per heavy atom. The van der Waals surface area contributed by atoms with E-state index in [2.05, 4.69) is 11.0 Å². The van der Waals surface area contributed by atoms with Crippen LogP contribution in [0, 0.1) is 12.8 Å². The van der Waals surface area contributed by atoms with Gasteiger partial charge in [0, 0.05) is 50.0 Å². The van der Waals surface area contributed by atoms with Crippen molar-refractivity contribution in [3.05, 3.63) is 59.6 Å². The molecule has 9 heteroatoms. The number of piperidine rings is 1. The highest BCUT2D eigenvalue weighted by Crippen LogP contribution is 2.25. The first-order valence-corrected chi connectivity index (χ1v) is 12.7. The van der Waals surface area contributed by atoms with E-state index in [0.29, 0.717) is 32.4 Å². The van der Waals surface area contributed by atoms with Gasteiger partial charge in [-0.2, -0.15) is 0 Å². The molecular formula is C28H36N4O5. The van der Waals surface area contributed by atoms with Gasteiger partial charge in [0.15, 0.2) is 0 Å². The molecule has 2 aliphatic heterocycles. The number of likely N-dealkylation sites (N-methyl/N-ethyl adjacent to an activating group) is 1. The van der Waals surface area contributed by atoms with Crippen LogP contribution < -0.4 is 0 Å². The van der Waals surface area contributed by atoms with Crippen molar-refractivity contribution in [1.29, 1.82) is 0 Å². The topological polar surface area (TPSA) is 84.3 Å². The van der Waals surface area contributed by atoms with Crippen LogP contribution in [0.4, 0.5) is 4.79 Å². The van der Waals surface area contributed by atoms with Crippen LogP contribution in [-0.4, -0.2) is 84.8 Å². The molecule has 37 heavy (non-hydrogen) atoms. The van der Waals surface area contributed by atoms with E-state index in [4.69, 9.17) is 9.47 Å². The fraction of sp³-hybridized carbons (Fsp3) is 0.464. The van der Waals surface area contributed by atoms with Gasteiger partial charge in [0.25, 0.3) is 5.91 Å². The standard InChI is InChI=1S/C28H36N4O5/c1-20-7-8-25-24(16-20)22(9-13-29(2)3)18-32(25)28(35)37-19-36-27(34)21-10-14-31(15-11-21)26(33)23-6-5-12-30(4)17-23/h5,7-8,12,16-18,21H,6,9-11,13-15,19H2,1-4H3. The maximum Gasteiger partial charge on any atom is 0.421 e. The van der Waals surface area contributed by atoms with Crippen LogP contribution in [0.2, 0.25) is 0 Å². The van der Waals surface area contributed by atoms with E-state index in [1.807, 2.05) is 63.6 Å². The molecule has 0 atom stereocenters. The Morgan fingerprint density at radius 3 is 2.57 bits per heavy atom. The number of carbonyl (C=O) groups excluding carboxylic acids is 3. The lowest BCUT2D eigenvalue weighted by Gasteiger charge is -2.32. The van der Waals surface area contributed by atoms with Crippen LogP contribution in [0.5, 0.6) is 0 Å². The van der Waals surface area contributed by atoms with Crippen molar-refractivity contribution in [3.63, 3.8) is 0 Å². The van der Waals surface area contributed by atoms with Crippen molar-refractivity contribution < 1.29 is 23.9 Å². The Kier molecular flexibility index (Phi) is 8.33. The molecule has 0 bridgehead atoms. The molecule has 0 unspecified atom stereocenters. The largest absolute Gasteiger partial charge is 0.428 e. The molecule has 2 aliphatic rings. The third-order valence-electron chi connectivity index (χ3n) is 6.88. The fourth-order valence-electron chi connectivity index (χ4n) is 4.78. The number of rotatable bonds is 7. The number of aryl methyl sites for hydroxylation is 1. The molecule has 2 aromatic rings. The summed E-state index contributed by atoms with van der Waals surface area (Å²) in [6.07, 6.45) is 9.41. The van der Waals surface area contributed by atoms with Gasteiger partial charge < -0.3 is 24.2 Å². The average molecular weight is 509 g/mol. The molecule has 0 saturated carbocycles. The van der Waals surface area contributed by atoms with Gasteiger partial charge in [0.05, 0.1) is 11.4 Å². The lowest BCUT2D eigenvalue weighted by atomic mass is 9.96. The molecule has 1 saturated heterocycles. The van der Waals surface area contributed by atoms with Crippen molar-refractivity contribution >= 4 is 28.9 Å². The molecule has 0 spiro atoms. The maximum atomic E-state index is 12.8. The quantitative estimate of drug-likeness (QED) is 0.418. The number of esters is 1. The molecule has 1 aromatic carbocycles. The van der Waals surface area contributed by atoms with E-state index in [1.54, 1.807) is 11.1 Å². The number of nitrogens with zero attached hydrogens (tertiary/aromatic N) is 4. The predicted molar refractivity (Wildman–Crippen MR) is 141 cm³/mol. The number of fused-ring (bicyclic) bond motifs is 1. The minimum Gasteiger partial charge on any atom is -0.428 e. The van der Waals surface area contributed by atoms with Crippen molar-refractivity contribution in [1.82, 2.24) is 19.3 Å². The molecule has 0 aliphatic carbocycles. The monoisotopic (exact) mass is 508 g/mol. The summed E-state index contributed by atoms with van der Waals surface area (Å²) in [4.78, 5) is 43.9. The normalized spacial score (nSPS) is 16.3. The number of aromatic nitrogens is 1. The van der Waals surface area contributed by atoms with Crippen LogP contribution in [0.25, 0.3) is 10.9 Å². The van der Waals surface area contributed by atoms with Crippen molar-refractivity contribution in [2.75, 3.05) is 47.6 Å². The molecular weight excluding hydrogens is 472 g/mol. The van der Waals surface area contributed by atoms with Crippen LogP contribution in [0.15, 0.2) is 48.4 Å². The Balaban J connectivity index is 1.28. The number of hydrogen-bond donors (Lipinski definition) is 0. The van der Waals surface area contributed by atoms with Crippen molar-refractivity contribution in [2.45, 2.75) is 32.6 Å². The second kappa shape index (κ2) is 11.6. The average Bonchev–Trinajstić information content (AvgIpc) is 3.24. The first kappa shape index (κ1) is 26.5. The zero-order chi connectivity index (χ0) is 26.5. The Hall–Kier alpha value is -3.59. The number of hydrogen-bond acceptors (Lipinski definition) is 7. The highest BCUT2D eigenvalue weighted by atomic mass is 16.7. The Labute approximate surface area is 217 Å². The Bertz CT molecular complexity index is 1220. The summed E-state index contributed by atoms with van der Waals surface area (Å²) >= 11 is 0. The lowest BCUT2D eigenvalue weighted by molar-refractivity contribution is -0.159. The van der Waals surface area contributed by atoms with E-state index in [-0.39, 0.29) is 11.8 Å². The van der Waals surface area contributed by atoms with Crippen molar-refractivity contribution in [2.24, 2.45) is 5.92 Å². The van der Waals surface area contributed by atoms with Gasteiger partial charge in [-0.1, -0.05) is 17.7 Å². The van der Waals surface area contributed by atoms with Crippen LogP contribution in [0.3, 0.4) is 0 Å². The SMILES string of the molecule is Cc1ccc2c(c1)c(CCN(C)C)cn2C(=O)OCOC(=O)C1CCN(C(=O)C2=CN(C)C=CC2)CC1. The summed E-state index contributed by atoms with van der Waals surface area (Å²) < 4.78 is 12.1. The van der Waals surface area contributed by atoms with Gasteiger partial charge in [-0.3, -0.25) is 14.2 Å². The molecule has 198 valence electrons. The number of ether oxygens (including phenoxy) is 2. The first-order chi connectivity index (χ1) is 17.7. The van der Waals surface area contributed by atoms with Gasteiger partial charge in [0.2, 0.25) is 6.79 Å². The minimum absolute atomic E-state index is 0.0102. The van der Waals surface area contributed by atoms with Gasteiger partial charge in [-0.05, 0) is 70.6 Å².